The lowest BCUT2D eigenvalue weighted by Crippen LogP contribution is -2.16. The van der Waals surface area contributed by atoms with Crippen molar-refractivity contribution in [2.24, 2.45) is 0 Å². The Morgan fingerprint density at radius 3 is 2.60 bits per heavy atom. The number of rotatable bonds is 4. The maximum Gasteiger partial charge on any atom is 0.213 e. The van der Waals surface area contributed by atoms with Crippen LogP contribution in [0.15, 0.2) is 30.6 Å². The van der Waals surface area contributed by atoms with E-state index in [1.54, 1.807) is 19.5 Å². The molecule has 0 bridgehead atoms. The smallest absolute Gasteiger partial charge is 0.213 e. The predicted octanol–water partition coefficient (Wildman–Crippen LogP) is 2.79. The molecule has 5 heteroatoms. The lowest BCUT2D eigenvalue weighted by molar-refractivity contribution is 0.397. The molecule has 106 valence electrons. The van der Waals surface area contributed by atoms with Gasteiger partial charge in [0.2, 0.25) is 5.88 Å². The van der Waals surface area contributed by atoms with Gasteiger partial charge in [-0.15, -0.1) is 0 Å². The van der Waals surface area contributed by atoms with E-state index < -0.39 is 0 Å². The first-order valence-electron chi connectivity index (χ1n) is 6.55. The van der Waals surface area contributed by atoms with E-state index >= 15 is 0 Å². The molecule has 0 radical (unpaired) electrons. The minimum Gasteiger partial charge on any atom is -0.481 e. The molecule has 0 atom stereocenters. The minimum absolute atomic E-state index is 0.0580. The molecule has 0 fully saturated rings. The average Bonchev–Trinajstić information content (AvgIpc) is 2.45. The van der Waals surface area contributed by atoms with Crippen LogP contribution in [0.4, 0.5) is 5.82 Å². The molecule has 0 unspecified atom stereocenters. The molecule has 0 saturated carbocycles. The van der Waals surface area contributed by atoms with Crippen molar-refractivity contribution in [3.8, 4) is 5.88 Å². The minimum atomic E-state index is -0.0580. The van der Waals surface area contributed by atoms with Crippen LogP contribution in [0, 0.1) is 0 Å². The number of hydrogen-bond donors (Lipinski definition) is 1. The SMILES string of the molecule is COc1cc(CNc2ccnc(C(C)(C)C)n2)ccn1. The van der Waals surface area contributed by atoms with Gasteiger partial charge in [0.1, 0.15) is 11.6 Å². The molecule has 0 aromatic carbocycles. The van der Waals surface area contributed by atoms with Gasteiger partial charge in [-0.2, -0.15) is 0 Å². The van der Waals surface area contributed by atoms with E-state index in [9.17, 15) is 0 Å². The van der Waals surface area contributed by atoms with Crippen LogP contribution in [0.1, 0.15) is 32.2 Å². The highest BCUT2D eigenvalue weighted by Crippen LogP contribution is 2.19. The lowest BCUT2D eigenvalue weighted by Gasteiger charge is -2.17. The van der Waals surface area contributed by atoms with E-state index in [4.69, 9.17) is 4.74 Å². The Balaban J connectivity index is 2.07. The van der Waals surface area contributed by atoms with Crippen LogP contribution in [-0.2, 0) is 12.0 Å². The Hall–Kier alpha value is -2.17. The third-order valence-electron chi connectivity index (χ3n) is 2.81. The van der Waals surface area contributed by atoms with Gasteiger partial charge in [-0.05, 0) is 17.7 Å². The monoisotopic (exact) mass is 272 g/mol. The first-order valence-corrected chi connectivity index (χ1v) is 6.55. The highest BCUT2D eigenvalue weighted by molar-refractivity contribution is 5.35. The fraction of sp³-hybridized carbons (Fsp3) is 0.400. The van der Waals surface area contributed by atoms with Gasteiger partial charge in [0, 0.05) is 30.4 Å². The zero-order chi connectivity index (χ0) is 14.6. The summed E-state index contributed by atoms with van der Waals surface area (Å²) < 4.78 is 5.11. The van der Waals surface area contributed by atoms with Gasteiger partial charge in [0.25, 0.3) is 0 Å². The summed E-state index contributed by atoms with van der Waals surface area (Å²) in [6.07, 6.45) is 3.51. The summed E-state index contributed by atoms with van der Waals surface area (Å²) in [6, 6.07) is 5.72. The fourth-order valence-corrected chi connectivity index (χ4v) is 1.68. The number of aromatic nitrogens is 3. The summed E-state index contributed by atoms with van der Waals surface area (Å²) in [5.74, 6) is 2.26. The van der Waals surface area contributed by atoms with Crippen LogP contribution < -0.4 is 10.1 Å². The molecule has 2 aromatic heterocycles. The van der Waals surface area contributed by atoms with Crippen molar-refractivity contribution in [3.63, 3.8) is 0 Å². The Bertz CT molecular complexity index is 578. The van der Waals surface area contributed by atoms with Crippen molar-refractivity contribution in [2.45, 2.75) is 32.7 Å². The van der Waals surface area contributed by atoms with E-state index in [1.165, 1.54) is 0 Å². The van der Waals surface area contributed by atoms with Gasteiger partial charge >= 0.3 is 0 Å². The Morgan fingerprint density at radius 2 is 1.90 bits per heavy atom. The summed E-state index contributed by atoms with van der Waals surface area (Å²) in [6.45, 7) is 6.96. The third kappa shape index (κ3) is 3.66. The lowest BCUT2D eigenvalue weighted by atomic mass is 9.96. The summed E-state index contributed by atoms with van der Waals surface area (Å²) in [4.78, 5) is 12.9. The van der Waals surface area contributed by atoms with Crippen LogP contribution in [0.25, 0.3) is 0 Å². The predicted molar refractivity (Wildman–Crippen MR) is 78.8 cm³/mol. The van der Waals surface area contributed by atoms with Crippen LogP contribution >= 0.6 is 0 Å². The second-order valence-corrected chi connectivity index (χ2v) is 5.58. The summed E-state index contributed by atoms with van der Waals surface area (Å²) in [5.41, 5.74) is 1.03. The second-order valence-electron chi connectivity index (χ2n) is 5.58. The van der Waals surface area contributed by atoms with E-state index in [0.29, 0.717) is 12.4 Å². The molecule has 0 amide bonds. The number of anilines is 1. The zero-order valence-corrected chi connectivity index (χ0v) is 12.3. The van der Waals surface area contributed by atoms with E-state index in [-0.39, 0.29) is 5.41 Å². The normalized spacial score (nSPS) is 11.2. The highest BCUT2D eigenvalue weighted by Gasteiger charge is 2.17. The van der Waals surface area contributed by atoms with Crippen LogP contribution in [0.2, 0.25) is 0 Å². The number of nitrogens with one attached hydrogen (secondary N) is 1. The topological polar surface area (TPSA) is 59.9 Å². The number of nitrogens with zero attached hydrogens (tertiary/aromatic N) is 3. The van der Waals surface area contributed by atoms with E-state index in [0.717, 1.165) is 17.2 Å². The van der Waals surface area contributed by atoms with Crippen molar-refractivity contribution in [1.82, 2.24) is 15.0 Å². The quantitative estimate of drug-likeness (QED) is 0.927. The first-order chi connectivity index (χ1) is 9.49. The molecule has 2 aromatic rings. The van der Waals surface area contributed by atoms with Crippen LogP contribution in [0.5, 0.6) is 5.88 Å². The number of methoxy groups -OCH3 is 1. The van der Waals surface area contributed by atoms with Crippen LogP contribution in [-0.4, -0.2) is 22.1 Å². The summed E-state index contributed by atoms with van der Waals surface area (Å²) in [5, 5.41) is 3.29. The van der Waals surface area contributed by atoms with Crippen molar-refractivity contribution < 1.29 is 4.74 Å². The maximum atomic E-state index is 5.11. The average molecular weight is 272 g/mol. The first kappa shape index (κ1) is 14.2. The van der Waals surface area contributed by atoms with Crippen molar-refractivity contribution in [1.29, 1.82) is 0 Å². The number of pyridine rings is 1. The molecule has 1 N–H and O–H groups in total. The van der Waals surface area contributed by atoms with Gasteiger partial charge < -0.3 is 10.1 Å². The molecular formula is C15H20N4O. The third-order valence-corrected chi connectivity index (χ3v) is 2.81. The number of hydrogen-bond acceptors (Lipinski definition) is 5. The molecule has 0 aliphatic heterocycles. The van der Waals surface area contributed by atoms with E-state index in [2.05, 4.69) is 41.0 Å². The molecule has 2 heterocycles. The summed E-state index contributed by atoms with van der Waals surface area (Å²) in [7, 11) is 1.61. The molecular weight excluding hydrogens is 252 g/mol. The molecule has 2 rings (SSSR count). The van der Waals surface area contributed by atoms with Gasteiger partial charge in [-0.1, -0.05) is 20.8 Å². The highest BCUT2D eigenvalue weighted by atomic mass is 16.5. The van der Waals surface area contributed by atoms with E-state index in [1.807, 2.05) is 18.2 Å². The molecule has 0 aliphatic carbocycles. The van der Waals surface area contributed by atoms with Gasteiger partial charge in [0.15, 0.2) is 0 Å². The fourth-order valence-electron chi connectivity index (χ4n) is 1.68. The number of ether oxygens (including phenoxy) is 1. The van der Waals surface area contributed by atoms with Gasteiger partial charge in [-0.25, -0.2) is 15.0 Å². The standard InChI is InChI=1S/C15H20N4O/c1-15(2,3)14-17-8-6-12(19-14)18-10-11-5-7-16-13(9-11)20-4/h5-9H,10H2,1-4H3,(H,17,18,19). The van der Waals surface area contributed by atoms with Crippen molar-refractivity contribution in [3.05, 3.63) is 42.0 Å². The summed E-state index contributed by atoms with van der Waals surface area (Å²) >= 11 is 0. The molecule has 0 spiro atoms. The molecule has 20 heavy (non-hydrogen) atoms. The maximum absolute atomic E-state index is 5.11. The van der Waals surface area contributed by atoms with Crippen molar-refractivity contribution in [2.75, 3.05) is 12.4 Å². The Kier molecular flexibility index (Phi) is 4.17. The van der Waals surface area contributed by atoms with Crippen LogP contribution in [0.3, 0.4) is 0 Å². The Morgan fingerprint density at radius 1 is 1.15 bits per heavy atom. The second kappa shape index (κ2) is 5.86. The van der Waals surface area contributed by atoms with Gasteiger partial charge in [0.05, 0.1) is 7.11 Å². The molecule has 5 nitrogen and oxygen atoms in total. The molecule has 0 saturated heterocycles. The largest absolute Gasteiger partial charge is 0.481 e. The van der Waals surface area contributed by atoms with Crippen molar-refractivity contribution >= 4 is 5.82 Å². The molecule has 0 aliphatic rings. The Labute approximate surface area is 119 Å². The van der Waals surface area contributed by atoms with Gasteiger partial charge in [-0.3, -0.25) is 0 Å². The zero-order valence-electron chi connectivity index (χ0n) is 12.3.